The summed E-state index contributed by atoms with van der Waals surface area (Å²) in [4.78, 5) is 8.27. The molecule has 2 heteroatoms. The Morgan fingerprint density at radius 1 is 0.650 bits per heavy atom. The highest BCUT2D eigenvalue weighted by atomic mass is 15.0. The van der Waals surface area contributed by atoms with Crippen LogP contribution in [0.5, 0.6) is 0 Å². The summed E-state index contributed by atoms with van der Waals surface area (Å²) in [5.74, 6) is 0. The van der Waals surface area contributed by atoms with Crippen LogP contribution in [0.2, 0.25) is 0 Å². The summed E-state index contributed by atoms with van der Waals surface area (Å²) in [5, 5.41) is 0. The first kappa shape index (κ1) is 13.8. The zero-order chi connectivity index (χ0) is 14.6. The van der Waals surface area contributed by atoms with Crippen LogP contribution < -0.4 is 0 Å². The number of hydrogen-bond donors (Lipinski definition) is 0. The Hall–Kier alpha value is -2.58. The van der Waals surface area contributed by atoms with Crippen LogP contribution in [0.3, 0.4) is 0 Å². The lowest BCUT2D eigenvalue weighted by Crippen LogP contribution is -2.40. The molecule has 0 saturated heterocycles. The minimum atomic E-state index is -0.746. The van der Waals surface area contributed by atoms with E-state index in [1.165, 1.54) is 0 Å². The van der Waals surface area contributed by atoms with Crippen molar-refractivity contribution in [2.75, 3.05) is 0 Å². The molecule has 0 radical (unpaired) electrons. The van der Waals surface area contributed by atoms with Crippen LogP contribution in [0.15, 0.2) is 60.7 Å². The van der Waals surface area contributed by atoms with Crippen molar-refractivity contribution in [3.63, 3.8) is 0 Å². The number of benzene rings is 2. The quantitative estimate of drug-likeness (QED) is 0.755. The zero-order valence-electron chi connectivity index (χ0n) is 11.8. The molecule has 0 aromatic heterocycles. The molecule has 20 heavy (non-hydrogen) atoms. The van der Waals surface area contributed by atoms with E-state index in [2.05, 4.69) is 9.69 Å². The van der Waals surface area contributed by atoms with Crippen LogP contribution >= 0.6 is 0 Å². The van der Waals surface area contributed by atoms with E-state index in [-0.39, 0.29) is 0 Å². The fraction of sp³-hybridized carbons (Fsp3) is 0.222. The average Bonchev–Trinajstić information content (AvgIpc) is 2.54. The van der Waals surface area contributed by atoms with Crippen molar-refractivity contribution in [1.29, 1.82) is 0 Å². The predicted octanol–water partition coefficient (Wildman–Crippen LogP) is 4.74. The van der Waals surface area contributed by atoms with Crippen molar-refractivity contribution in [3.05, 3.63) is 81.5 Å². The van der Waals surface area contributed by atoms with Gasteiger partial charge in [0.1, 0.15) is 0 Å². The minimum absolute atomic E-state index is 0.746. The third-order valence-electron chi connectivity index (χ3n) is 4.14. The Labute approximate surface area is 120 Å². The summed E-state index contributed by atoms with van der Waals surface area (Å²) in [5.41, 5.74) is 0.459. The van der Waals surface area contributed by atoms with Crippen molar-refractivity contribution in [2.24, 2.45) is 0 Å². The molecule has 2 nitrogen and oxygen atoms in total. The Bertz CT molecular complexity index is 603. The topological polar surface area (TPSA) is 8.72 Å². The third-order valence-corrected chi connectivity index (χ3v) is 4.14. The van der Waals surface area contributed by atoms with E-state index in [1.807, 2.05) is 74.5 Å². The summed E-state index contributed by atoms with van der Waals surface area (Å²) in [6.45, 7) is 15.4. The second-order valence-corrected chi connectivity index (χ2v) is 5.13. The summed E-state index contributed by atoms with van der Waals surface area (Å²) in [7, 11) is 0. The number of nitrogens with zero attached hydrogens (tertiary/aromatic N) is 2. The normalized spacial score (nSPS) is 16.2. The molecule has 0 amide bonds. The lowest BCUT2D eigenvalue weighted by molar-refractivity contribution is 0.381. The highest BCUT2D eigenvalue weighted by molar-refractivity contribution is 5.42. The van der Waals surface area contributed by atoms with E-state index in [4.69, 9.17) is 13.1 Å². The molecule has 2 rings (SSSR count). The molecule has 0 fully saturated rings. The first-order valence-electron chi connectivity index (χ1n) is 6.53. The number of rotatable bonds is 3. The van der Waals surface area contributed by atoms with Crippen LogP contribution in [-0.2, 0) is 11.1 Å². The van der Waals surface area contributed by atoms with Gasteiger partial charge in [-0.15, -0.1) is 0 Å². The van der Waals surface area contributed by atoms with Gasteiger partial charge in [0.15, 0.2) is 0 Å². The molecular weight excluding hydrogens is 244 g/mol. The molecule has 2 aromatic rings. The Morgan fingerprint density at radius 3 is 1.20 bits per heavy atom. The molecule has 0 spiro atoms. The molecule has 2 unspecified atom stereocenters. The van der Waals surface area contributed by atoms with Crippen LogP contribution in [0.4, 0.5) is 0 Å². The smallest absolute Gasteiger partial charge is 0.0656 e. The summed E-state index contributed by atoms with van der Waals surface area (Å²) < 4.78 is 0. The van der Waals surface area contributed by atoms with Crippen LogP contribution in [-0.4, -0.2) is 0 Å². The molecule has 0 aliphatic heterocycles. The van der Waals surface area contributed by atoms with Crippen molar-refractivity contribution in [2.45, 2.75) is 24.9 Å². The van der Waals surface area contributed by atoms with Gasteiger partial charge in [0.2, 0.25) is 0 Å². The molecule has 0 aliphatic carbocycles. The minimum Gasteiger partial charge on any atom is -0.0656 e. The van der Waals surface area contributed by atoms with E-state index >= 15 is 0 Å². The van der Waals surface area contributed by atoms with E-state index in [9.17, 15) is 0 Å². The van der Waals surface area contributed by atoms with Crippen molar-refractivity contribution in [1.82, 2.24) is 0 Å². The first-order valence-corrected chi connectivity index (χ1v) is 6.53. The fourth-order valence-corrected chi connectivity index (χ4v) is 2.49. The average molecular weight is 262 g/mol. The lowest BCUT2D eigenvalue weighted by atomic mass is 9.71. The van der Waals surface area contributed by atoms with Crippen LogP contribution in [0.1, 0.15) is 25.0 Å². The summed E-state index contributed by atoms with van der Waals surface area (Å²) >= 11 is 0. The van der Waals surface area contributed by atoms with E-state index in [0.717, 1.165) is 11.1 Å². The molecular formula is C18H18N2+2. The van der Waals surface area contributed by atoms with E-state index in [0.29, 0.717) is 0 Å². The van der Waals surface area contributed by atoms with Crippen molar-refractivity contribution in [3.8, 4) is 13.1 Å². The molecule has 2 aromatic carbocycles. The highest BCUT2D eigenvalue weighted by Gasteiger charge is 2.65. The fourth-order valence-electron chi connectivity index (χ4n) is 2.49. The molecule has 98 valence electrons. The summed E-state index contributed by atoms with van der Waals surface area (Å²) in [6, 6.07) is 19.7. The monoisotopic (exact) mass is 262 g/mol. The maximum absolute atomic E-state index is 5.75. The molecule has 0 N–H and O–H groups in total. The molecule has 0 heterocycles. The Balaban J connectivity index is 2.66. The standard InChI is InChI=1S/C18H18N2/c1-17(19-3,15-11-7-5-8-12-15)18(2,20-4)16-13-9-6-10-14-16/h3-14H,1-2H3/q+2. The van der Waals surface area contributed by atoms with Gasteiger partial charge < -0.3 is 0 Å². The van der Waals surface area contributed by atoms with Gasteiger partial charge in [-0.2, -0.15) is 0 Å². The van der Waals surface area contributed by atoms with E-state index < -0.39 is 11.1 Å². The number of hydrogen-bond acceptors (Lipinski definition) is 0. The van der Waals surface area contributed by atoms with Gasteiger partial charge in [-0.05, 0) is 0 Å². The predicted molar refractivity (Wildman–Crippen MR) is 84.2 cm³/mol. The van der Waals surface area contributed by atoms with Gasteiger partial charge in [-0.25, -0.2) is 0 Å². The molecule has 0 saturated carbocycles. The van der Waals surface area contributed by atoms with Crippen LogP contribution in [0, 0.1) is 13.1 Å². The molecule has 0 bridgehead atoms. The SMILES string of the molecule is C#[N+]C(C)(c1ccccc1)C(C)([N+]#C)c1ccccc1. The van der Waals surface area contributed by atoms with Crippen molar-refractivity contribution >= 4 is 0 Å². The zero-order valence-corrected chi connectivity index (χ0v) is 11.8. The maximum atomic E-state index is 5.75. The van der Waals surface area contributed by atoms with E-state index in [1.54, 1.807) is 0 Å². The van der Waals surface area contributed by atoms with Gasteiger partial charge in [0.25, 0.3) is 13.1 Å². The van der Waals surface area contributed by atoms with Crippen molar-refractivity contribution < 1.29 is 0 Å². The largest absolute Gasteiger partial charge is 0.386 e. The lowest BCUT2D eigenvalue weighted by Gasteiger charge is -2.22. The first-order chi connectivity index (χ1) is 9.58. The van der Waals surface area contributed by atoms with Gasteiger partial charge >= 0.3 is 11.1 Å². The molecule has 2 atom stereocenters. The second-order valence-electron chi connectivity index (χ2n) is 5.13. The van der Waals surface area contributed by atoms with Gasteiger partial charge in [-0.1, -0.05) is 70.4 Å². The maximum Gasteiger partial charge on any atom is 0.386 e. The van der Waals surface area contributed by atoms with Gasteiger partial charge in [0.05, 0.1) is 11.1 Å². The Kier molecular flexibility index (Phi) is 3.59. The van der Waals surface area contributed by atoms with Crippen LogP contribution in [0.25, 0.3) is 9.69 Å². The third kappa shape index (κ3) is 1.96. The highest BCUT2D eigenvalue weighted by Crippen LogP contribution is 2.46. The van der Waals surface area contributed by atoms with Gasteiger partial charge in [0, 0.05) is 13.8 Å². The Morgan fingerprint density at radius 2 is 0.950 bits per heavy atom. The second kappa shape index (κ2) is 5.19. The molecule has 0 aliphatic rings. The van der Waals surface area contributed by atoms with Gasteiger partial charge in [-0.3, -0.25) is 0 Å². The summed E-state index contributed by atoms with van der Waals surface area (Å²) in [6.07, 6.45) is 0.